The minimum Gasteiger partial charge on any atom is -0.355 e. The first-order chi connectivity index (χ1) is 8.06. The van der Waals surface area contributed by atoms with Crippen molar-refractivity contribution in [3.8, 4) is 0 Å². The van der Waals surface area contributed by atoms with E-state index in [1.165, 1.54) is 0 Å². The van der Waals surface area contributed by atoms with E-state index in [-0.39, 0.29) is 17.9 Å². The summed E-state index contributed by atoms with van der Waals surface area (Å²) >= 11 is 0. The first-order valence-electron chi connectivity index (χ1n) is 6.78. The van der Waals surface area contributed by atoms with Crippen LogP contribution >= 0.6 is 0 Å². The zero-order valence-electron chi connectivity index (χ0n) is 11.4. The van der Waals surface area contributed by atoms with E-state index in [4.69, 9.17) is 5.73 Å². The summed E-state index contributed by atoms with van der Waals surface area (Å²) in [7, 11) is 2.06. The van der Waals surface area contributed by atoms with Gasteiger partial charge in [-0.05, 0) is 32.4 Å². The Labute approximate surface area is 105 Å². The van der Waals surface area contributed by atoms with Crippen molar-refractivity contribution in [2.24, 2.45) is 17.6 Å². The normalized spacial score (nSPS) is 29.4. The Morgan fingerprint density at radius 3 is 2.76 bits per heavy atom. The Morgan fingerprint density at radius 2 is 2.18 bits per heavy atom. The van der Waals surface area contributed by atoms with E-state index in [9.17, 15) is 4.79 Å². The third-order valence-electron chi connectivity index (χ3n) is 3.91. The molecule has 0 aromatic rings. The van der Waals surface area contributed by atoms with Gasteiger partial charge < -0.3 is 16.0 Å². The molecule has 0 radical (unpaired) electrons. The van der Waals surface area contributed by atoms with Crippen molar-refractivity contribution in [1.82, 2.24) is 10.2 Å². The predicted octanol–water partition coefficient (Wildman–Crippen LogP) is 0.818. The van der Waals surface area contributed by atoms with Gasteiger partial charge >= 0.3 is 0 Å². The Bertz CT molecular complexity index is 235. The summed E-state index contributed by atoms with van der Waals surface area (Å²) in [6, 6.07) is 0.0441. The van der Waals surface area contributed by atoms with Gasteiger partial charge in [0.1, 0.15) is 0 Å². The third-order valence-corrected chi connectivity index (χ3v) is 3.91. The molecule has 0 aliphatic heterocycles. The van der Waals surface area contributed by atoms with E-state index in [0.717, 1.165) is 38.9 Å². The molecule has 3 atom stereocenters. The molecule has 3 unspecified atom stereocenters. The second-order valence-electron chi connectivity index (χ2n) is 5.28. The first kappa shape index (κ1) is 14.5. The quantitative estimate of drug-likeness (QED) is 0.749. The van der Waals surface area contributed by atoms with Gasteiger partial charge in [-0.25, -0.2) is 0 Å². The molecule has 0 spiro atoms. The average Bonchev–Trinajstić information content (AvgIpc) is 2.28. The van der Waals surface area contributed by atoms with Crippen LogP contribution in [0.15, 0.2) is 0 Å². The van der Waals surface area contributed by atoms with Gasteiger partial charge in [0.25, 0.3) is 0 Å². The third kappa shape index (κ3) is 4.28. The molecule has 0 saturated heterocycles. The molecule has 3 N–H and O–H groups in total. The van der Waals surface area contributed by atoms with Gasteiger partial charge in [-0.3, -0.25) is 4.79 Å². The van der Waals surface area contributed by atoms with Crippen molar-refractivity contribution in [3.05, 3.63) is 0 Å². The van der Waals surface area contributed by atoms with E-state index in [0.29, 0.717) is 5.92 Å². The van der Waals surface area contributed by atoms with E-state index in [1.54, 1.807) is 0 Å². The highest BCUT2D eigenvalue weighted by atomic mass is 16.1. The van der Waals surface area contributed by atoms with Gasteiger partial charge in [-0.2, -0.15) is 0 Å². The minimum absolute atomic E-state index is 0.00989. The molecule has 1 aliphatic rings. The number of nitrogens with zero attached hydrogens (tertiary/aromatic N) is 1. The van der Waals surface area contributed by atoms with Crippen LogP contribution < -0.4 is 11.1 Å². The van der Waals surface area contributed by atoms with Crippen LogP contribution in [0.25, 0.3) is 0 Å². The van der Waals surface area contributed by atoms with Crippen LogP contribution in [0.5, 0.6) is 0 Å². The zero-order chi connectivity index (χ0) is 12.8. The second-order valence-corrected chi connectivity index (χ2v) is 5.28. The molecule has 0 bridgehead atoms. The van der Waals surface area contributed by atoms with Crippen LogP contribution in [0, 0.1) is 11.8 Å². The molecule has 0 heterocycles. The number of likely N-dealkylation sites (N-methyl/N-ethyl adjacent to an activating group) is 1. The first-order valence-corrected chi connectivity index (χ1v) is 6.78. The number of carbonyl (C=O) groups excluding carboxylic acids is 1. The smallest absolute Gasteiger partial charge is 0.224 e. The van der Waals surface area contributed by atoms with Crippen LogP contribution in [0.3, 0.4) is 0 Å². The monoisotopic (exact) mass is 241 g/mol. The molecule has 100 valence electrons. The lowest BCUT2D eigenvalue weighted by molar-refractivity contribution is -0.128. The Kier molecular flexibility index (Phi) is 5.92. The predicted molar refractivity (Wildman–Crippen MR) is 70.7 cm³/mol. The largest absolute Gasteiger partial charge is 0.355 e. The number of nitrogens with two attached hydrogens (primary N) is 1. The van der Waals surface area contributed by atoms with Crippen molar-refractivity contribution in [2.75, 3.05) is 26.7 Å². The molecule has 1 rings (SSSR count). The molecule has 4 heteroatoms. The fourth-order valence-corrected chi connectivity index (χ4v) is 2.56. The highest BCUT2D eigenvalue weighted by Crippen LogP contribution is 2.28. The van der Waals surface area contributed by atoms with Crippen LogP contribution in [0.4, 0.5) is 0 Å². The van der Waals surface area contributed by atoms with Crippen molar-refractivity contribution in [1.29, 1.82) is 0 Å². The van der Waals surface area contributed by atoms with E-state index in [1.807, 2.05) is 0 Å². The molecule has 17 heavy (non-hydrogen) atoms. The molecule has 1 saturated carbocycles. The number of amides is 1. The Balaban J connectivity index is 2.35. The topological polar surface area (TPSA) is 58.4 Å². The van der Waals surface area contributed by atoms with Gasteiger partial charge in [0.05, 0.1) is 5.92 Å². The SMILES string of the molecule is CCN(C)CCNC(=O)C1C(C)CCCC1N. The van der Waals surface area contributed by atoms with E-state index >= 15 is 0 Å². The van der Waals surface area contributed by atoms with Crippen LogP contribution in [0.2, 0.25) is 0 Å². The Hall–Kier alpha value is -0.610. The molecule has 1 fully saturated rings. The molecule has 0 aromatic heterocycles. The number of rotatable bonds is 5. The summed E-state index contributed by atoms with van der Waals surface area (Å²) in [5.74, 6) is 0.576. The maximum Gasteiger partial charge on any atom is 0.224 e. The lowest BCUT2D eigenvalue weighted by atomic mass is 9.76. The fraction of sp³-hybridized carbons (Fsp3) is 0.923. The van der Waals surface area contributed by atoms with Crippen molar-refractivity contribution in [3.63, 3.8) is 0 Å². The molecule has 1 amide bonds. The number of hydrogen-bond acceptors (Lipinski definition) is 3. The molecular weight excluding hydrogens is 214 g/mol. The molecule has 0 aromatic carbocycles. The van der Waals surface area contributed by atoms with Gasteiger partial charge in [0.15, 0.2) is 0 Å². The van der Waals surface area contributed by atoms with Crippen LogP contribution in [0.1, 0.15) is 33.1 Å². The van der Waals surface area contributed by atoms with E-state index < -0.39 is 0 Å². The van der Waals surface area contributed by atoms with Gasteiger partial charge in [-0.15, -0.1) is 0 Å². The highest BCUT2D eigenvalue weighted by molar-refractivity contribution is 5.79. The summed E-state index contributed by atoms with van der Waals surface area (Å²) in [6.07, 6.45) is 3.27. The minimum atomic E-state index is 0.00989. The van der Waals surface area contributed by atoms with Crippen molar-refractivity contribution < 1.29 is 4.79 Å². The lowest BCUT2D eigenvalue weighted by Crippen LogP contribution is -2.48. The highest BCUT2D eigenvalue weighted by Gasteiger charge is 2.33. The summed E-state index contributed by atoms with van der Waals surface area (Å²) in [6.45, 7) is 6.88. The lowest BCUT2D eigenvalue weighted by Gasteiger charge is -2.33. The van der Waals surface area contributed by atoms with Crippen molar-refractivity contribution in [2.45, 2.75) is 39.2 Å². The maximum absolute atomic E-state index is 12.1. The fourth-order valence-electron chi connectivity index (χ4n) is 2.56. The van der Waals surface area contributed by atoms with Crippen molar-refractivity contribution >= 4 is 5.91 Å². The summed E-state index contributed by atoms with van der Waals surface area (Å²) < 4.78 is 0. The van der Waals surface area contributed by atoms with Gasteiger partial charge in [-0.1, -0.05) is 20.3 Å². The second kappa shape index (κ2) is 6.97. The number of hydrogen-bond donors (Lipinski definition) is 2. The van der Waals surface area contributed by atoms with Gasteiger partial charge in [0.2, 0.25) is 5.91 Å². The Morgan fingerprint density at radius 1 is 1.47 bits per heavy atom. The maximum atomic E-state index is 12.1. The summed E-state index contributed by atoms with van der Waals surface area (Å²) in [5, 5.41) is 3.02. The summed E-state index contributed by atoms with van der Waals surface area (Å²) in [5.41, 5.74) is 6.06. The van der Waals surface area contributed by atoms with Crippen LogP contribution in [-0.4, -0.2) is 43.5 Å². The average molecular weight is 241 g/mol. The number of carbonyl (C=O) groups is 1. The molecule has 4 nitrogen and oxygen atoms in total. The zero-order valence-corrected chi connectivity index (χ0v) is 11.4. The molecule has 1 aliphatic carbocycles. The standard InChI is InChI=1S/C13H27N3O/c1-4-16(3)9-8-15-13(17)12-10(2)6-5-7-11(12)14/h10-12H,4-9,14H2,1-3H3,(H,15,17). The number of nitrogens with one attached hydrogen (secondary N) is 1. The van der Waals surface area contributed by atoms with E-state index in [2.05, 4.69) is 31.1 Å². The van der Waals surface area contributed by atoms with Crippen LogP contribution in [-0.2, 0) is 4.79 Å². The van der Waals surface area contributed by atoms with Gasteiger partial charge in [0, 0.05) is 19.1 Å². The summed E-state index contributed by atoms with van der Waals surface area (Å²) in [4.78, 5) is 14.3. The molecular formula is C13H27N3O.